The molecule has 0 radical (unpaired) electrons. The Labute approximate surface area is 148 Å². The van der Waals surface area contributed by atoms with Crippen LogP contribution in [0.1, 0.15) is 57.3 Å². The highest BCUT2D eigenvalue weighted by Gasteiger charge is 2.61. The van der Waals surface area contributed by atoms with Gasteiger partial charge in [0.2, 0.25) is 0 Å². The lowest BCUT2D eigenvalue weighted by atomic mass is 9.71. The number of hydrogen-bond acceptors (Lipinski definition) is 5. The summed E-state index contributed by atoms with van der Waals surface area (Å²) in [5.74, 6) is 0.240. The molecule has 0 aliphatic heterocycles. The van der Waals surface area contributed by atoms with E-state index in [1.807, 2.05) is 0 Å². The Balaban J connectivity index is 1.75. The predicted octanol–water partition coefficient (Wildman–Crippen LogP) is 3.99. The molecule has 2 aliphatic carbocycles. The van der Waals surface area contributed by atoms with Crippen molar-refractivity contribution < 1.29 is 23.8 Å². The second-order valence-electron chi connectivity index (χ2n) is 8.03. The lowest BCUT2D eigenvalue weighted by molar-refractivity contribution is -0.132. The van der Waals surface area contributed by atoms with Gasteiger partial charge in [-0.2, -0.15) is 0 Å². The zero-order valence-electron chi connectivity index (χ0n) is 15.5. The number of ether oxygens (including phenoxy) is 3. The van der Waals surface area contributed by atoms with Crippen LogP contribution in [-0.4, -0.2) is 25.2 Å². The summed E-state index contributed by atoms with van der Waals surface area (Å²) in [6.07, 6.45) is 3.18. The first kappa shape index (κ1) is 17.8. The minimum atomic E-state index is -0.439. The number of carbonyl (C=O) groups is 2. The van der Waals surface area contributed by atoms with Crippen LogP contribution in [0, 0.1) is 16.7 Å². The lowest BCUT2D eigenvalue weighted by Crippen LogP contribution is -2.28. The van der Waals surface area contributed by atoms with Crippen molar-refractivity contribution in [2.24, 2.45) is 16.7 Å². The summed E-state index contributed by atoms with van der Waals surface area (Å²) >= 11 is 0. The van der Waals surface area contributed by atoms with Gasteiger partial charge in [-0.1, -0.05) is 20.8 Å². The number of fused-ring (bicyclic) bond motifs is 2. The molecule has 2 bridgehead atoms. The third-order valence-electron chi connectivity index (χ3n) is 6.50. The molecule has 1 aromatic carbocycles. The van der Waals surface area contributed by atoms with Crippen molar-refractivity contribution in [3.8, 4) is 11.5 Å². The Hall–Kier alpha value is -2.04. The quantitative estimate of drug-likeness (QED) is 0.609. The topological polar surface area (TPSA) is 61.8 Å². The molecule has 0 spiro atoms. The zero-order valence-corrected chi connectivity index (χ0v) is 15.5. The highest BCUT2D eigenvalue weighted by molar-refractivity contribution is 5.90. The number of hydrogen-bond donors (Lipinski definition) is 0. The third kappa shape index (κ3) is 2.90. The van der Waals surface area contributed by atoms with Crippen LogP contribution in [0.3, 0.4) is 0 Å². The van der Waals surface area contributed by atoms with Gasteiger partial charge >= 0.3 is 11.9 Å². The molecule has 0 unspecified atom stereocenters. The summed E-state index contributed by atoms with van der Waals surface area (Å²) in [5.41, 5.74) is 0.826. The molecular weight excluding hydrogens is 320 g/mol. The first-order chi connectivity index (χ1) is 11.7. The summed E-state index contributed by atoms with van der Waals surface area (Å²) in [6, 6.07) is 4.72. The normalized spacial score (nSPS) is 29.3. The molecule has 136 valence electrons. The van der Waals surface area contributed by atoms with Crippen molar-refractivity contribution in [3.63, 3.8) is 0 Å². The van der Waals surface area contributed by atoms with Crippen LogP contribution < -0.4 is 9.47 Å². The van der Waals surface area contributed by atoms with Gasteiger partial charge in [0, 0.05) is 12.8 Å². The molecular formula is C20H26O5. The molecule has 0 saturated heterocycles. The fourth-order valence-electron chi connectivity index (χ4n) is 4.57. The van der Waals surface area contributed by atoms with E-state index in [4.69, 9.17) is 14.2 Å². The molecule has 5 heteroatoms. The van der Waals surface area contributed by atoms with Gasteiger partial charge in [-0.25, -0.2) is 4.79 Å². The molecule has 3 atom stereocenters. The highest BCUT2D eigenvalue weighted by atomic mass is 16.6. The van der Waals surface area contributed by atoms with Gasteiger partial charge in [0.1, 0.15) is 6.10 Å². The van der Waals surface area contributed by atoms with Crippen molar-refractivity contribution in [3.05, 3.63) is 23.8 Å². The number of methoxy groups -OCH3 is 1. The third-order valence-corrected chi connectivity index (χ3v) is 6.50. The summed E-state index contributed by atoms with van der Waals surface area (Å²) < 4.78 is 16.1. The van der Waals surface area contributed by atoms with Crippen molar-refractivity contribution in [2.75, 3.05) is 7.11 Å². The first-order valence-corrected chi connectivity index (χ1v) is 8.75. The molecule has 3 rings (SSSR count). The number of benzene rings is 1. The summed E-state index contributed by atoms with van der Waals surface area (Å²) in [6.45, 7) is 8.20. The van der Waals surface area contributed by atoms with Gasteiger partial charge < -0.3 is 14.2 Å². The van der Waals surface area contributed by atoms with Crippen molar-refractivity contribution in [1.82, 2.24) is 0 Å². The Morgan fingerprint density at radius 2 is 1.88 bits per heavy atom. The SMILES string of the molecule is COc1cc(C(=O)O[C@@H]2C[C@]3(C)CC[C@H]2C3(C)C)ccc1OC(C)=O. The van der Waals surface area contributed by atoms with E-state index in [-0.39, 0.29) is 22.9 Å². The average molecular weight is 346 g/mol. The minimum absolute atomic E-state index is 0.0413. The molecule has 2 saturated carbocycles. The second kappa shape index (κ2) is 6.04. The van der Waals surface area contributed by atoms with Crippen LogP contribution in [0.25, 0.3) is 0 Å². The maximum absolute atomic E-state index is 12.6. The molecule has 1 aromatic rings. The lowest BCUT2D eigenvalue weighted by Gasteiger charge is -2.33. The maximum atomic E-state index is 12.6. The molecule has 0 N–H and O–H groups in total. The van der Waals surface area contributed by atoms with Gasteiger partial charge in [-0.3, -0.25) is 4.79 Å². The number of esters is 2. The smallest absolute Gasteiger partial charge is 0.338 e. The van der Waals surface area contributed by atoms with Gasteiger partial charge in [0.15, 0.2) is 11.5 Å². The second-order valence-corrected chi connectivity index (χ2v) is 8.03. The van der Waals surface area contributed by atoms with E-state index in [0.717, 1.165) is 12.8 Å². The fraction of sp³-hybridized carbons (Fsp3) is 0.600. The van der Waals surface area contributed by atoms with Gasteiger partial charge in [0.05, 0.1) is 12.7 Å². The van der Waals surface area contributed by atoms with Crippen molar-refractivity contribution in [2.45, 2.75) is 53.1 Å². The molecule has 0 amide bonds. The first-order valence-electron chi connectivity index (χ1n) is 8.75. The van der Waals surface area contributed by atoms with Crippen LogP contribution in [0.15, 0.2) is 18.2 Å². The Morgan fingerprint density at radius 3 is 2.40 bits per heavy atom. The van der Waals surface area contributed by atoms with Crippen LogP contribution in [0.2, 0.25) is 0 Å². The standard InChI is InChI=1S/C20H26O5/c1-12(21)24-15-7-6-13(10-16(15)23-5)18(22)25-17-11-20(4)9-8-14(17)19(20,2)3/h6-7,10,14,17H,8-9,11H2,1-5H3/t14-,17-,20+/m1/s1. The molecule has 0 aromatic heterocycles. The predicted molar refractivity (Wildman–Crippen MR) is 92.7 cm³/mol. The average Bonchev–Trinajstić information content (AvgIpc) is 2.87. The molecule has 5 nitrogen and oxygen atoms in total. The molecule has 25 heavy (non-hydrogen) atoms. The van der Waals surface area contributed by atoms with Gasteiger partial charge in [0.25, 0.3) is 0 Å². The zero-order chi connectivity index (χ0) is 18.4. The molecule has 0 heterocycles. The molecule has 2 fully saturated rings. The van der Waals surface area contributed by atoms with Crippen molar-refractivity contribution in [1.29, 1.82) is 0 Å². The van der Waals surface area contributed by atoms with E-state index in [9.17, 15) is 9.59 Å². The number of carbonyl (C=O) groups excluding carboxylic acids is 2. The Morgan fingerprint density at radius 1 is 1.16 bits per heavy atom. The highest BCUT2D eigenvalue weighted by Crippen LogP contribution is 2.66. The summed E-state index contributed by atoms with van der Waals surface area (Å²) in [5, 5.41) is 0. The molecule has 2 aliphatic rings. The van der Waals surface area contributed by atoms with Crippen molar-refractivity contribution >= 4 is 11.9 Å². The minimum Gasteiger partial charge on any atom is -0.493 e. The van der Waals surface area contributed by atoms with E-state index in [0.29, 0.717) is 23.0 Å². The monoisotopic (exact) mass is 346 g/mol. The van der Waals surface area contributed by atoms with Crippen LogP contribution in [-0.2, 0) is 9.53 Å². The number of rotatable bonds is 4. The van der Waals surface area contributed by atoms with E-state index < -0.39 is 5.97 Å². The maximum Gasteiger partial charge on any atom is 0.338 e. The van der Waals surface area contributed by atoms with Crippen LogP contribution in [0.4, 0.5) is 0 Å². The van der Waals surface area contributed by atoms with Gasteiger partial charge in [-0.15, -0.1) is 0 Å². The van der Waals surface area contributed by atoms with E-state index >= 15 is 0 Å². The largest absolute Gasteiger partial charge is 0.493 e. The van der Waals surface area contributed by atoms with Crippen LogP contribution >= 0.6 is 0 Å². The van der Waals surface area contributed by atoms with E-state index in [1.54, 1.807) is 18.2 Å². The van der Waals surface area contributed by atoms with Crippen LogP contribution in [0.5, 0.6) is 11.5 Å². The Kier molecular flexibility index (Phi) is 4.30. The van der Waals surface area contributed by atoms with E-state index in [2.05, 4.69) is 20.8 Å². The summed E-state index contributed by atoms with van der Waals surface area (Å²) in [7, 11) is 1.47. The van der Waals surface area contributed by atoms with Gasteiger partial charge in [-0.05, 0) is 48.3 Å². The summed E-state index contributed by atoms with van der Waals surface area (Å²) in [4.78, 5) is 23.7. The Bertz CT molecular complexity index is 705. The fourth-order valence-corrected chi connectivity index (χ4v) is 4.57. The van der Waals surface area contributed by atoms with E-state index in [1.165, 1.54) is 20.5 Å².